The van der Waals surface area contributed by atoms with E-state index in [2.05, 4.69) is 26.0 Å². The first-order valence-corrected chi connectivity index (χ1v) is 12.8. The maximum atomic E-state index is 13.2. The summed E-state index contributed by atoms with van der Waals surface area (Å²) in [6, 6.07) is 19.6. The van der Waals surface area contributed by atoms with Gasteiger partial charge >= 0.3 is 0 Å². The highest BCUT2D eigenvalue weighted by Gasteiger charge is 2.27. The van der Waals surface area contributed by atoms with Gasteiger partial charge < -0.3 is 10.1 Å². The number of hydrogen-bond acceptors (Lipinski definition) is 4. The Balaban J connectivity index is 1.85. The molecule has 3 aromatic carbocycles. The number of halogens is 2. The van der Waals surface area contributed by atoms with Crippen molar-refractivity contribution in [2.45, 2.75) is 30.3 Å². The molecule has 0 bridgehead atoms. The quantitative estimate of drug-likeness (QED) is 0.397. The van der Waals surface area contributed by atoms with Crippen LogP contribution in [0.25, 0.3) is 0 Å². The first-order valence-electron chi connectivity index (χ1n) is 10.1. The zero-order chi connectivity index (χ0) is 24.0. The van der Waals surface area contributed by atoms with Gasteiger partial charge in [-0.1, -0.05) is 70.0 Å². The van der Waals surface area contributed by atoms with Crippen molar-refractivity contribution in [3.8, 4) is 5.75 Å². The van der Waals surface area contributed by atoms with Crippen LogP contribution in [-0.2, 0) is 21.2 Å². The molecule has 0 unspecified atom stereocenters. The lowest BCUT2D eigenvalue weighted by Crippen LogP contribution is -2.48. The number of carbonyl (C=O) groups is 1. The summed E-state index contributed by atoms with van der Waals surface area (Å²) in [4.78, 5) is 13.1. The SMILES string of the molecule is COc1ccc(S(=O)(=O)N[C@H](Cc2ccccc2)C(=O)N[C@@H](C)c2cccc(Br)c2)cc1Cl. The minimum absolute atomic E-state index is 0.0563. The molecule has 2 atom stereocenters. The number of nitrogens with one attached hydrogen (secondary N) is 2. The van der Waals surface area contributed by atoms with E-state index in [1.807, 2.05) is 61.5 Å². The van der Waals surface area contributed by atoms with Gasteiger partial charge in [0.2, 0.25) is 15.9 Å². The van der Waals surface area contributed by atoms with Gasteiger partial charge in [0, 0.05) is 4.47 Å². The van der Waals surface area contributed by atoms with Crippen LogP contribution in [0.2, 0.25) is 5.02 Å². The summed E-state index contributed by atoms with van der Waals surface area (Å²) in [5.41, 5.74) is 1.71. The van der Waals surface area contributed by atoms with Crippen LogP contribution < -0.4 is 14.8 Å². The van der Waals surface area contributed by atoms with Gasteiger partial charge in [0.1, 0.15) is 11.8 Å². The Hall–Kier alpha value is -2.39. The van der Waals surface area contributed by atoms with Crippen molar-refractivity contribution in [2.24, 2.45) is 0 Å². The number of amides is 1. The predicted octanol–water partition coefficient (Wildman–Crippen LogP) is 4.88. The Bertz CT molecular complexity index is 1220. The van der Waals surface area contributed by atoms with E-state index < -0.39 is 22.0 Å². The molecule has 0 fully saturated rings. The highest BCUT2D eigenvalue weighted by atomic mass is 79.9. The molecular formula is C24H24BrClN2O4S. The van der Waals surface area contributed by atoms with Crippen LogP contribution in [0.5, 0.6) is 5.75 Å². The van der Waals surface area contributed by atoms with Gasteiger partial charge in [0.25, 0.3) is 0 Å². The molecule has 0 saturated carbocycles. The Morgan fingerprint density at radius 3 is 2.42 bits per heavy atom. The fraction of sp³-hybridized carbons (Fsp3) is 0.208. The summed E-state index contributed by atoms with van der Waals surface area (Å²) in [6.07, 6.45) is 0.182. The summed E-state index contributed by atoms with van der Waals surface area (Å²) in [7, 11) is -2.59. The molecule has 9 heteroatoms. The molecule has 0 saturated heterocycles. The Labute approximate surface area is 207 Å². The molecule has 0 spiro atoms. The summed E-state index contributed by atoms with van der Waals surface area (Å²) in [5.74, 6) is -0.0773. The first kappa shape index (κ1) is 25.2. The number of hydrogen-bond donors (Lipinski definition) is 2. The zero-order valence-electron chi connectivity index (χ0n) is 18.1. The van der Waals surface area contributed by atoms with E-state index in [0.717, 1.165) is 15.6 Å². The number of rotatable bonds is 9. The van der Waals surface area contributed by atoms with E-state index in [0.29, 0.717) is 5.75 Å². The Morgan fingerprint density at radius 2 is 1.79 bits per heavy atom. The van der Waals surface area contributed by atoms with E-state index in [4.69, 9.17) is 16.3 Å². The van der Waals surface area contributed by atoms with Crippen LogP contribution in [0.3, 0.4) is 0 Å². The van der Waals surface area contributed by atoms with Crippen LogP contribution in [0.1, 0.15) is 24.1 Å². The van der Waals surface area contributed by atoms with Crippen LogP contribution in [-0.4, -0.2) is 27.5 Å². The molecule has 0 aliphatic rings. The summed E-state index contributed by atoms with van der Waals surface area (Å²) >= 11 is 9.54. The summed E-state index contributed by atoms with van der Waals surface area (Å²) in [5, 5.41) is 3.07. The van der Waals surface area contributed by atoms with Crippen LogP contribution in [0.15, 0.2) is 82.2 Å². The largest absolute Gasteiger partial charge is 0.495 e. The van der Waals surface area contributed by atoms with E-state index in [1.165, 1.54) is 25.3 Å². The zero-order valence-corrected chi connectivity index (χ0v) is 21.2. The molecule has 6 nitrogen and oxygen atoms in total. The van der Waals surface area contributed by atoms with Gasteiger partial charge in [-0.3, -0.25) is 4.79 Å². The van der Waals surface area contributed by atoms with Gasteiger partial charge in [-0.25, -0.2) is 8.42 Å². The standard InChI is InChI=1S/C24H24BrClN2O4S/c1-16(18-9-6-10-19(25)14-18)27-24(29)22(13-17-7-4-3-5-8-17)28-33(30,31)20-11-12-23(32-2)21(26)15-20/h3-12,14-16,22,28H,13H2,1-2H3,(H,27,29)/t16-,22+/m0/s1. The summed E-state index contributed by atoms with van der Waals surface area (Å²) < 4.78 is 34.7. The normalized spacial score (nSPS) is 13.2. The highest BCUT2D eigenvalue weighted by molar-refractivity contribution is 9.10. The Kier molecular flexibility index (Phi) is 8.53. The molecule has 0 radical (unpaired) electrons. The van der Waals surface area contributed by atoms with Gasteiger partial charge in [0.05, 0.1) is 23.1 Å². The molecule has 33 heavy (non-hydrogen) atoms. The monoisotopic (exact) mass is 550 g/mol. The van der Waals surface area contributed by atoms with Crippen molar-refractivity contribution >= 4 is 43.5 Å². The topological polar surface area (TPSA) is 84.5 Å². The first-order chi connectivity index (χ1) is 15.7. The maximum absolute atomic E-state index is 13.2. The second kappa shape index (κ2) is 11.2. The van der Waals surface area contributed by atoms with Gasteiger partial charge in [-0.2, -0.15) is 4.72 Å². The van der Waals surface area contributed by atoms with Crippen molar-refractivity contribution < 1.29 is 17.9 Å². The fourth-order valence-corrected chi connectivity index (χ4v) is 5.24. The molecule has 0 aromatic heterocycles. The van der Waals surface area contributed by atoms with Crippen LogP contribution in [0.4, 0.5) is 0 Å². The lowest BCUT2D eigenvalue weighted by Gasteiger charge is -2.22. The van der Waals surface area contributed by atoms with Crippen molar-refractivity contribution in [1.29, 1.82) is 0 Å². The molecule has 0 heterocycles. The van der Waals surface area contributed by atoms with Gasteiger partial charge in [-0.05, 0) is 54.8 Å². The number of ether oxygens (including phenoxy) is 1. The average molecular weight is 552 g/mol. The Morgan fingerprint density at radius 1 is 1.06 bits per heavy atom. The smallest absolute Gasteiger partial charge is 0.241 e. The van der Waals surface area contributed by atoms with Crippen LogP contribution in [0, 0.1) is 0 Å². The molecule has 1 amide bonds. The maximum Gasteiger partial charge on any atom is 0.241 e. The number of methoxy groups -OCH3 is 1. The van der Waals surface area contributed by atoms with E-state index >= 15 is 0 Å². The van der Waals surface area contributed by atoms with Crippen molar-refractivity contribution in [3.05, 3.63) is 93.4 Å². The van der Waals surface area contributed by atoms with E-state index in [9.17, 15) is 13.2 Å². The third-order valence-electron chi connectivity index (χ3n) is 5.04. The molecule has 0 aliphatic heterocycles. The molecule has 3 aromatic rings. The third-order valence-corrected chi connectivity index (χ3v) is 7.30. The van der Waals surface area contributed by atoms with Gasteiger partial charge in [-0.15, -0.1) is 0 Å². The molecule has 174 valence electrons. The van der Waals surface area contributed by atoms with Crippen molar-refractivity contribution in [3.63, 3.8) is 0 Å². The predicted molar refractivity (Wildman–Crippen MR) is 133 cm³/mol. The highest BCUT2D eigenvalue weighted by Crippen LogP contribution is 2.27. The number of benzene rings is 3. The number of sulfonamides is 1. The third kappa shape index (κ3) is 6.80. The second-order valence-electron chi connectivity index (χ2n) is 7.45. The average Bonchev–Trinajstić information content (AvgIpc) is 2.79. The molecule has 0 aliphatic carbocycles. The fourth-order valence-electron chi connectivity index (χ4n) is 3.28. The van der Waals surface area contributed by atoms with Gasteiger partial charge in [0.15, 0.2) is 0 Å². The van der Waals surface area contributed by atoms with Crippen LogP contribution >= 0.6 is 27.5 Å². The minimum atomic E-state index is -4.04. The van der Waals surface area contributed by atoms with Crippen molar-refractivity contribution in [1.82, 2.24) is 10.0 Å². The molecular weight excluding hydrogens is 528 g/mol. The molecule has 2 N–H and O–H groups in total. The van der Waals surface area contributed by atoms with E-state index in [1.54, 1.807) is 0 Å². The van der Waals surface area contributed by atoms with Crippen molar-refractivity contribution in [2.75, 3.05) is 7.11 Å². The lowest BCUT2D eigenvalue weighted by atomic mass is 10.0. The van der Waals surface area contributed by atoms with E-state index in [-0.39, 0.29) is 22.4 Å². The second-order valence-corrected chi connectivity index (χ2v) is 10.5. The number of carbonyl (C=O) groups excluding carboxylic acids is 1. The minimum Gasteiger partial charge on any atom is -0.495 e. The molecule has 3 rings (SSSR count). The summed E-state index contributed by atoms with van der Waals surface area (Å²) in [6.45, 7) is 1.84. The lowest BCUT2D eigenvalue weighted by molar-refractivity contribution is -0.123.